The number of allylic oxidation sites excluding steroid dienone is 2. The molecule has 0 N–H and O–H groups in total. The SMILES string of the molecule is CC(=O)/C=C1\CCCP(c2ccccc2)(c2ccccc2)(c2ccccc2)C1. The second-order valence-corrected chi connectivity index (χ2v) is 13.2. The van der Waals surface area contributed by atoms with E-state index in [0.29, 0.717) is 0 Å². The van der Waals surface area contributed by atoms with Crippen LogP contribution in [0.3, 0.4) is 0 Å². The molecule has 0 amide bonds. The van der Waals surface area contributed by atoms with Crippen LogP contribution in [0.5, 0.6) is 0 Å². The Labute approximate surface area is 168 Å². The zero-order valence-electron chi connectivity index (χ0n) is 16.4. The van der Waals surface area contributed by atoms with E-state index in [1.54, 1.807) is 6.92 Å². The summed E-state index contributed by atoms with van der Waals surface area (Å²) in [5, 5.41) is 4.29. The minimum absolute atomic E-state index is 0.155. The Balaban J connectivity index is 2.12. The van der Waals surface area contributed by atoms with Crippen LogP contribution in [-0.4, -0.2) is 18.1 Å². The Morgan fingerprint density at radius 3 is 1.57 bits per heavy atom. The summed E-state index contributed by atoms with van der Waals surface area (Å²) < 4.78 is 0. The predicted octanol–water partition coefficient (Wildman–Crippen LogP) is 4.83. The van der Waals surface area contributed by atoms with Crippen LogP contribution in [0.2, 0.25) is 0 Å². The summed E-state index contributed by atoms with van der Waals surface area (Å²) in [6, 6.07) is 33.2. The normalized spacial score (nSPS) is 20.8. The molecule has 28 heavy (non-hydrogen) atoms. The molecule has 1 heterocycles. The summed E-state index contributed by atoms with van der Waals surface area (Å²) in [6.45, 7) is -1.06. The molecule has 4 rings (SSSR count). The van der Waals surface area contributed by atoms with Crippen molar-refractivity contribution >= 4 is 28.3 Å². The van der Waals surface area contributed by atoms with Crippen molar-refractivity contribution in [1.82, 2.24) is 0 Å². The molecule has 0 unspecified atom stereocenters. The molecule has 1 aliphatic heterocycles. The molecule has 0 spiro atoms. The van der Waals surface area contributed by atoms with Gasteiger partial charge in [0.1, 0.15) is 0 Å². The molecule has 3 aromatic rings. The second-order valence-electron chi connectivity index (χ2n) is 7.91. The van der Waals surface area contributed by atoms with E-state index in [2.05, 4.69) is 91.0 Å². The second kappa shape index (κ2) is 7.49. The average molecular weight is 386 g/mol. The van der Waals surface area contributed by atoms with Gasteiger partial charge in [-0.3, -0.25) is 0 Å². The summed E-state index contributed by atoms with van der Waals surface area (Å²) in [6.07, 6.45) is 6.14. The zero-order valence-corrected chi connectivity index (χ0v) is 17.3. The molecule has 1 nitrogen and oxygen atoms in total. The van der Waals surface area contributed by atoms with Crippen LogP contribution in [0.1, 0.15) is 19.8 Å². The Morgan fingerprint density at radius 1 is 0.750 bits per heavy atom. The van der Waals surface area contributed by atoms with Crippen molar-refractivity contribution in [3.05, 3.63) is 103 Å². The molecule has 0 saturated carbocycles. The Hall–Kier alpha value is -2.50. The van der Waals surface area contributed by atoms with Gasteiger partial charge in [0.15, 0.2) is 0 Å². The van der Waals surface area contributed by atoms with Crippen LogP contribution in [-0.2, 0) is 4.79 Å². The van der Waals surface area contributed by atoms with E-state index in [-0.39, 0.29) is 5.78 Å². The number of rotatable bonds is 4. The van der Waals surface area contributed by atoms with Crippen molar-refractivity contribution in [2.24, 2.45) is 0 Å². The van der Waals surface area contributed by atoms with Crippen molar-refractivity contribution in [2.75, 3.05) is 12.3 Å². The van der Waals surface area contributed by atoms with Crippen LogP contribution in [0, 0.1) is 0 Å². The van der Waals surface area contributed by atoms with Crippen LogP contribution in [0.15, 0.2) is 103 Å². The van der Waals surface area contributed by atoms with Gasteiger partial charge in [-0.2, -0.15) is 0 Å². The van der Waals surface area contributed by atoms with E-state index in [0.717, 1.165) is 25.2 Å². The Bertz CT molecular complexity index is 891. The number of carbonyl (C=O) groups excluding carboxylic acids is 1. The number of benzene rings is 3. The average Bonchev–Trinajstić information content (AvgIpc) is 2.75. The molecule has 1 aliphatic rings. The fraction of sp³-hybridized carbons (Fsp3) is 0.192. The summed E-state index contributed by atoms with van der Waals surface area (Å²) in [5.74, 6) is 0.155. The number of hydrogen-bond donors (Lipinski definition) is 0. The maximum absolute atomic E-state index is 12.0. The van der Waals surface area contributed by atoms with Crippen molar-refractivity contribution in [2.45, 2.75) is 19.8 Å². The third-order valence-electron chi connectivity index (χ3n) is 6.25. The molecule has 3 aromatic carbocycles. The van der Waals surface area contributed by atoms with E-state index >= 15 is 0 Å². The van der Waals surface area contributed by atoms with Crippen molar-refractivity contribution in [3.8, 4) is 0 Å². The first-order valence-corrected chi connectivity index (χ1v) is 12.6. The Morgan fingerprint density at radius 2 is 1.18 bits per heavy atom. The molecule has 0 aliphatic carbocycles. The molecule has 0 aromatic heterocycles. The van der Waals surface area contributed by atoms with Gasteiger partial charge >= 0.3 is 168 Å². The van der Waals surface area contributed by atoms with Gasteiger partial charge in [0, 0.05) is 0 Å². The van der Waals surface area contributed by atoms with Gasteiger partial charge in [0.25, 0.3) is 0 Å². The van der Waals surface area contributed by atoms with Gasteiger partial charge in [-0.1, -0.05) is 0 Å². The first kappa shape index (κ1) is 18.8. The number of hydrogen-bond acceptors (Lipinski definition) is 1. The molecule has 0 radical (unpaired) electrons. The van der Waals surface area contributed by atoms with E-state index in [4.69, 9.17) is 0 Å². The quantitative estimate of drug-likeness (QED) is 0.464. The monoisotopic (exact) mass is 386 g/mol. The number of carbonyl (C=O) groups is 1. The maximum atomic E-state index is 12.0. The topological polar surface area (TPSA) is 17.1 Å². The van der Waals surface area contributed by atoms with Crippen LogP contribution in [0.25, 0.3) is 0 Å². The summed E-state index contributed by atoms with van der Waals surface area (Å²) in [4.78, 5) is 12.0. The first-order chi connectivity index (χ1) is 13.6. The van der Waals surface area contributed by atoms with Crippen LogP contribution in [0.4, 0.5) is 0 Å². The summed E-state index contributed by atoms with van der Waals surface area (Å²) in [5.41, 5.74) is 1.30. The van der Waals surface area contributed by atoms with Gasteiger partial charge in [-0.15, -0.1) is 0 Å². The number of ketones is 1. The molecule has 142 valence electrons. The van der Waals surface area contributed by atoms with Crippen molar-refractivity contribution < 1.29 is 4.79 Å². The third-order valence-corrected chi connectivity index (χ3v) is 13.3. The minimum atomic E-state index is -2.73. The molecule has 0 atom stereocenters. The summed E-state index contributed by atoms with van der Waals surface area (Å²) in [7, 11) is 0. The van der Waals surface area contributed by atoms with Crippen molar-refractivity contribution in [3.63, 3.8) is 0 Å². The zero-order chi connectivity index (χ0) is 19.5. The van der Waals surface area contributed by atoms with E-state index in [9.17, 15) is 4.79 Å². The van der Waals surface area contributed by atoms with Crippen LogP contribution >= 0.6 is 6.60 Å². The van der Waals surface area contributed by atoms with Gasteiger partial charge in [-0.05, 0) is 0 Å². The first-order valence-electron chi connectivity index (χ1n) is 10.0. The molecule has 1 fully saturated rings. The standard InChI is InChI=1S/C26H27OP/c1-22(27)20-23-12-11-19-28(21-23,24-13-5-2-6-14-24,25-15-7-3-8-16-25)26-17-9-4-10-18-26/h2-10,13-18,20H,11-12,19,21H2,1H3/b23-20+. The molecule has 2 heteroatoms. The van der Waals surface area contributed by atoms with Gasteiger partial charge < -0.3 is 0 Å². The molecule has 0 bridgehead atoms. The fourth-order valence-corrected chi connectivity index (χ4v) is 12.2. The third kappa shape index (κ3) is 2.95. The molecule has 1 saturated heterocycles. The van der Waals surface area contributed by atoms with Crippen LogP contribution < -0.4 is 15.9 Å². The Kier molecular flexibility index (Phi) is 5.04. The van der Waals surface area contributed by atoms with Gasteiger partial charge in [0.2, 0.25) is 0 Å². The fourth-order valence-electron chi connectivity index (χ4n) is 5.14. The van der Waals surface area contributed by atoms with E-state index < -0.39 is 6.60 Å². The molecular weight excluding hydrogens is 359 g/mol. The van der Waals surface area contributed by atoms with Crippen molar-refractivity contribution in [1.29, 1.82) is 0 Å². The molecular formula is C26H27OP. The summed E-state index contributed by atoms with van der Waals surface area (Å²) >= 11 is 0. The van der Waals surface area contributed by atoms with Gasteiger partial charge in [-0.25, -0.2) is 0 Å². The van der Waals surface area contributed by atoms with E-state index in [1.807, 2.05) is 6.08 Å². The predicted molar refractivity (Wildman–Crippen MR) is 123 cm³/mol. The van der Waals surface area contributed by atoms with Gasteiger partial charge in [0.05, 0.1) is 0 Å². The van der Waals surface area contributed by atoms with E-state index in [1.165, 1.54) is 21.5 Å².